The number of alkyl halides is 3. The predicted molar refractivity (Wildman–Crippen MR) is 109 cm³/mol. The summed E-state index contributed by atoms with van der Waals surface area (Å²) >= 11 is 0. The van der Waals surface area contributed by atoms with Crippen molar-refractivity contribution in [3.05, 3.63) is 71.8 Å². The van der Waals surface area contributed by atoms with Gasteiger partial charge in [-0.1, -0.05) is 36.4 Å². The number of halogens is 3. The SMILES string of the molecule is C[C@@H](NC(=O)c1ccc2c(-c3ccc(C(F)(F)F)cc3)cccc2c1)C1(O)CNC1. The first kappa shape index (κ1) is 20.4. The highest BCUT2D eigenvalue weighted by atomic mass is 19.4. The van der Waals surface area contributed by atoms with Crippen molar-refractivity contribution in [3.63, 3.8) is 0 Å². The normalized spacial score (nSPS) is 16.7. The molecule has 1 fully saturated rings. The number of amides is 1. The average molecular weight is 414 g/mol. The molecule has 3 aromatic carbocycles. The molecule has 0 saturated carbocycles. The summed E-state index contributed by atoms with van der Waals surface area (Å²) in [5.41, 5.74) is 0.274. The third-order valence-electron chi connectivity index (χ3n) is 5.68. The zero-order chi connectivity index (χ0) is 21.5. The van der Waals surface area contributed by atoms with Gasteiger partial charge in [0.1, 0.15) is 5.60 Å². The van der Waals surface area contributed by atoms with Crippen LogP contribution in [0.1, 0.15) is 22.8 Å². The Hall–Kier alpha value is -2.90. The lowest BCUT2D eigenvalue weighted by Crippen LogP contribution is -2.68. The Labute approximate surface area is 171 Å². The molecule has 1 heterocycles. The number of β-amino-alcohol motifs (C(OH)–C–C–N with tert-alkyl or cyclic N) is 1. The smallest absolute Gasteiger partial charge is 0.385 e. The first-order valence-electron chi connectivity index (χ1n) is 9.62. The molecule has 4 nitrogen and oxygen atoms in total. The quantitative estimate of drug-likeness (QED) is 0.605. The molecule has 0 aromatic heterocycles. The lowest BCUT2D eigenvalue weighted by Gasteiger charge is -2.42. The Kier molecular flexibility index (Phi) is 5.03. The van der Waals surface area contributed by atoms with Crippen molar-refractivity contribution in [2.24, 2.45) is 0 Å². The molecule has 1 amide bonds. The summed E-state index contributed by atoms with van der Waals surface area (Å²) < 4.78 is 38.5. The molecule has 1 aliphatic heterocycles. The number of nitrogens with one attached hydrogen (secondary N) is 2. The second-order valence-electron chi connectivity index (χ2n) is 7.72. The van der Waals surface area contributed by atoms with Gasteiger partial charge in [-0.2, -0.15) is 13.2 Å². The van der Waals surface area contributed by atoms with Crippen molar-refractivity contribution in [1.82, 2.24) is 10.6 Å². The number of carbonyl (C=O) groups excluding carboxylic acids is 1. The number of hydrogen-bond donors (Lipinski definition) is 3. The van der Waals surface area contributed by atoms with Gasteiger partial charge in [0.25, 0.3) is 5.91 Å². The van der Waals surface area contributed by atoms with Crippen LogP contribution >= 0.6 is 0 Å². The van der Waals surface area contributed by atoms with Crippen LogP contribution in [-0.4, -0.2) is 35.7 Å². The van der Waals surface area contributed by atoms with Crippen LogP contribution in [0.4, 0.5) is 13.2 Å². The monoisotopic (exact) mass is 414 g/mol. The summed E-state index contributed by atoms with van der Waals surface area (Å²) in [5.74, 6) is -0.287. The maximum Gasteiger partial charge on any atom is 0.416 e. The van der Waals surface area contributed by atoms with Gasteiger partial charge >= 0.3 is 6.18 Å². The summed E-state index contributed by atoms with van der Waals surface area (Å²) in [6, 6.07) is 15.4. The van der Waals surface area contributed by atoms with Crippen LogP contribution in [-0.2, 0) is 6.18 Å². The van der Waals surface area contributed by atoms with Crippen molar-refractivity contribution in [2.75, 3.05) is 13.1 Å². The van der Waals surface area contributed by atoms with Gasteiger partial charge in [0.2, 0.25) is 0 Å². The van der Waals surface area contributed by atoms with E-state index in [4.69, 9.17) is 0 Å². The van der Waals surface area contributed by atoms with Crippen LogP contribution in [0.3, 0.4) is 0 Å². The molecular weight excluding hydrogens is 393 g/mol. The lowest BCUT2D eigenvalue weighted by atomic mass is 9.89. The van der Waals surface area contributed by atoms with Gasteiger partial charge in [-0.3, -0.25) is 4.79 Å². The minimum absolute atomic E-state index is 0.287. The van der Waals surface area contributed by atoms with E-state index < -0.39 is 23.4 Å². The van der Waals surface area contributed by atoms with Crippen molar-refractivity contribution >= 4 is 16.7 Å². The molecule has 7 heteroatoms. The van der Waals surface area contributed by atoms with Crippen LogP contribution < -0.4 is 10.6 Å². The highest BCUT2D eigenvalue weighted by Crippen LogP contribution is 2.33. The second-order valence-corrected chi connectivity index (χ2v) is 7.72. The molecule has 0 unspecified atom stereocenters. The van der Waals surface area contributed by atoms with Gasteiger partial charge in [-0.15, -0.1) is 0 Å². The number of carbonyl (C=O) groups is 1. The molecule has 0 spiro atoms. The maximum atomic E-state index is 12.8. The fraction of sp³-hybridized carbons (Fsp3) is 0.261. The molecule has 3 N–H and O–H groups in total. The fourth-order valence-electron chi connectivity index (χ4n) is 3.62. The minimum atomic E-state index is -4.38. The van der Waals surface area contributed by atoms with E-state index in [1.165, 1.54) is 12.1 Å². The Morgan fingerprint density at radius 3 is 2.40 bits per heavy atom. The Balaban J connectivity index is 1.61. The maximum absolute atomic E-state index is 12.8. The molecule has 1 aliphatic rings. The van der Waals surface area contributed by atoms with Gasteiger partial charge in [0.15, 0.2) is 0 Å². The molecule has 4 rings (SSSR count). The standard InChI is InChI=1S/C23H21F3N2O2/c1-14(22(30)12-27-13-22)28-21(29)17-7-10-20-16(11-17)3-2-4-19(20)15-5-8-18(9-6-15)23(24,25)26/h2-11,14,27,30H,12-13H2,1H3,(H,28,29)/t14-/m1/s1. The van der Waals surface area contributed by atoms with E-state index in [9.17, 15) is 23.1 Å². The van der Waals surface area contributed by atoms with E-state index in [-0.39, 0.29) is 5.91 Å². The Bertz CT molecular complexity index is 1090. The molecule has 0 bridgehead atoms. The van der Waals surface area contributed by atoms with Crippen LogP contribution in [0.25, 0.3) is 21.9 Å². The summed E-state index contributed by atoms with van der Waals surface area (Å²) in [4.78, 5) is 12.6. The topological polar surface area (TPSA) is 61.4 Å². The summed E-state index contributed by atoms with van der Waals surface area (Å²) in [6.45, 7) is 2.63. The van der Waals surface area contributed by atoms with Crippen LogP contribution in [0.15, 0.2) is 60.7 Å². The van der Waals surface area contributed by atoms with E-state index in [1.807, 2.05) is 18.2 Å². The minimum Gasteiger partial charge on any atom is -0.385 e. The van der Waals surface area contributed by atoms with Gasteiger partial charge < -0.3 is 15.7 Å². The van der Waals surface area contributed by atoms with E-state index in [1.54, 1.807) is 25.1 Å². The van der Waals surface area contributed by atoms with E-state index in [0.717, 1.165) is 28.5 Å². The third-order valence-corrected chi connectivity index (χ3v) is 5.68. The number of aliphatic hydroxyl groups is 1. The number of fused-ring (bicyclic) bond motifs is 1. The van der Waals surface area contributed by atoms with Crippen molar-refractivity contribution in [2.45, 2.75) is 24.7 Å². The van der Waals surface area contributed by atoms with Crippen LogP contribution in [0.2, 0.25) is 0 Å². The third kappa shape index (κ3) is 3.78. The Morgan fingerprint density at radius 1 is 1.10 bits per heavy atom. The van der Waals surface area contributed by atoms with Crippen LogP contribution in [0.5, 0.6) is 0 Å². The molecule has 156 valence electrons. The molecule has 3 aromatic rings. The van der Waals surface area contributed by atoms with E-state index >= 15 is 0 Å². The zero-order valence-corrected chi connectivity index (χ0v) is 16.3. The highest BCUT2D eigenvalue weighted by Gasteiger charge is 2.40. The molecule has 0 aliphatic carbocycles. The Morgan fingerprint density at radius 2 is 1.80 bits per heavy atom. The molecular formula is C23H21F3N2O2. The van der Waals surface area contributed by atoms with Gasteiger partial charge in [0, 0.05) is 18.7 Å². The molecule has 1 saturated heterocycles. The number of benzene rings is 3. The van der Waals surface area contributed by atoms with Gasteiger partial charge in [-0.05, 0) is 53.1 Å². The molecule has 1 atom stereocenters. The summed E-state index contributed by atoms with van der Waals surface area (Å²) in [6.07, 6.45) is -4.38. The summed E-state index contributed by atoms with van der Waals surface area (Å²) in [5, 5.41) is 17.8. The first-order valence-corrected chi connectivity index (χ1v) is 9.62. The van der Waals surface area contributed by atoms with E-state index in [2.05, 4.69) is 10.6 Å². The highest BCUT2D eigenvalue weighted by molar-refractivity contribution is 6.02. The fourth-order valence-corrected chi connectivity index (χ4v) is 3.62. The molecule has 0 radical (unpaired) electrons. The van der Waals surface area contributed by atoms with E-state index in [0.29, 0.717) is 24.2 Å². The van der Waals surface area contributed by atoms with Gasteiger partial charge in [0.05, 0.1) is 11.6 Å². The predicted octanol–water partition coefficient (Wildman–Crippen LogP) is 3.98. The first-order chi connectivity index (χ1) is 14.2. The average Bonchev–Trinajstić information content (AvgIpc) is 2.70. The van der Waals surface area contributed by atoms with Crippen molar-refractivity contribution < 1.29 is 23.1 Å². The van der Waals surface area contributed by atoms with Crippen molar-refractivity contribution in [1.29, 1.82) is 0 Å². The van der Waals surface area contributed by atoms with Gasteiger partial charge in [-0.25, -0.2) is 0 Å². The van der Waals surface area contributed by atoms with Crippen molar-refractivity contribution in [3.8, 4) is 11.1 Å². The number of hydrogen-bond acceptors (Lipinski definition) is 3. The largest absolute Gasteiger partial charge is 0.416 e. The molecule has 30 heavy (non-hydrogen) atoms. The number of rotatable bonds is 4. The summed E-state index contributed by atoms with van der Waals surface area (Å²) in [7, 11) is 0. The lowest BCUT2D eigenvalue weighted by molar-refractivity contribution is -0.137. The zero-order valence-electron chi connectivity index (χ0n) is 16.3. The van der Waals surface area contributed by atoms with Crippen LogP contribution in [0, 0.1) is 0 Å². The second kappa shape index (κ2) is 7.41.